The van der Waals surface area contributed by atoms with Crippen LogP contribution in [0.3, 0.4) is 0 Å². The number of hydrogen-bond acceptors (Lipinski definition) is 6. The third kappa shape index (κ3) is 20.0. The zero-order valence-corrected chi connectivity index (χ0v) is 21.6. The van der Waals surface area contributed by atoms with Gasteiger partial charge in [0.15, 0.2) is 10.2 Å². The first-order chi connectivity index (χ1) is 13.9. The third-order valence-corrected chi connectivity index (χ3v) is 5.76. The standard InChI is InChI=1S/C15H35N5O7P2S2/c1-14(2,26-28(16,21)22)6-10-19-12(30)17-8-5-9-18-13(31)20-11-7-15(3,4)27-29(23,24)25/h5-11H2,1-4H3,(H3,16,21,22)(H2,17,19,30)(H2,18,20,31)(H2,23,24,25). The van der Waals surface area contributed by atoms with Crippen LogP contribution in [0.4, 0.5) is 0 Å². The molecule has 31 heavy (non-hydrogen) atoms. The lowest BCUT2D eigenvalue weighted by Crippen LogP contribution is -2.41. The molecule has 16 heteroatoms. The molecule has 0 aromatic heterocycles. The van der Waals surface area contributed by atoms with Crippen molar-refractivity contribution in [3.63, 3.8) is 0 Å². The predicted octanol–water partition coefficient (Wildman–Crippen LogP) is 0.827. The summed E-state index contributed by atoms with van der Waals surface area (Å²) >= 11 is 10.3. The molecule has 0 heterocycles. The Labute approximate surface area is 194 Å². The Morgan fingerprint density at radius 2 is 1.16 bits per heavy atom. The Hall–Kier alpha value is -0.400. The monoisotopic (exact) mass is 523 g/mol. The van der Waals surface area contributed by atoms with E-state index in [1.807, 2.05) is 0 Å². The lowest BCUT2D eigenvalue weighted by atomic mass is 10.1. The second kappa shape index (κ2) is 13.3. The SMILES string of the molecule is CC(C)(CCNC(=S)NCCCNC(=S)NCCC(C)(C)OP(=O)(O)O)OP(N)(=O)O. The van der Waals surface area contributed by atoms with Crippen LogP contribution < -0.4 is 26.8 Å². The van der Waals surface area contributed by atoms with Crippen LogP contribution in [0.5, 0.6) is 0 Å². The van der Waals surface area contributed by atoms with Gasteiger partial charge in [-0.05, 0) is 71.4 Å². The van der Waals surface area contributed by atoms with E-state index in [-0.39, 0.29) is 0 Å². The van der Waals surface area contributed by atoms with Crippen LogP contribution in [0.1, 0.15) is 47.0 Å². The van der Waals surface area contributed by atoms with Gasteiger partial charge in [-0.2, -0.15) is 0 Å². The minimum atomic E-state index is -4.54. The summed E-state index contributed by atoms with van der Waals surface area (Å²) in [6, 6.07) is 0. The number of hydrogen-bond donors (Lipinski definition) is 8. The molecule has 9 N–H and O–H groups in total. The Bertz CT molecular complexity index is 629. The highest BCUT2D eigenvalue weighted by Gasteiger charge is 2.28. The maximum absolute atomic E-state index is 11.1. The molecule has 0 saturated carbocycles. The topological polar surface area (TPSA) is 187 Å². The van der Waals surface area contributed by atoms with Crippen LogP contribution in [0.15, 0.2) is 0 Å². The first kappa shape index (κ1) is 30.6. The molecule has 1 unspecified atom stereocenters. The van der Waals surface area contributed by atoms with Crippen molar-refractivity contribution in [2.45, 2.75) is 58.2 Å². The van der Waals surface area contributed by atoms with Crippen molar-refractivity contribution in [1.29, 1.82) is 0 Å². The van der Waals surface area contributed by atoms with E-state index in [0.717, 1.165) is 6.42 Å². The molecular weight excluding hydrogens is 488 g/mol. The summed E-state index contributed by atoms with van der Waals surface area (Å²) < 4.78 is 31.7. The molecule has 0 amide bonds. The van der Waals surface area contributed by atoms with Crippen molar-refractivity contribution < 1.29 is 32.9 Å². The van der Waals surface area contributed by atoms with Gasteiger partial charge in [0.1, 0.15) is 0 Å². The average molecular weight is 524 g/mol. The number of thiocarbonyl (C=S) groups is 2. The van der Waals surface area contributed by atoms with Crippen LogP contribution >= 0.6 is 40.0 Å². The molecule has 0 bridgehead atoms. The van der Waals surface area contributed by atoms with Crippen LogP contribution in [0, 0.1) is 0 Å². The summed E-state index contributed by atoms with van der Waals surface area (Å²) in [7, 11) is -8.59. The first-order valence-electron chi connectivity index (χ1n) is 9.53. The summed E-state index contributed by atoms with van der Waals surface area (Å²) in [5.41, 5.74) is 3.16. The highest BCUT2D eigenvalue weighted by atomic mass is 32.1. The number of nitrogens with two attached hydrogens (primary N) is 1. The lowest BCUT2D eigenvalue weighted by Gasteiger charge is -2.26. The number of phosphoric ester groups is 1. The molecule has 1 atom stereocenters. The molecular formula is C15H35N5O7P2S2. The number of rotatable bonds is 14. The summed E-state index contributed by atoms with van der Waals surface area (Å²) in [6.07, 6.45) is 1.50. The fourth-order valence-electron chi connectivity index (χ4n) is 2.34. The molecule has 0 radical (unpaired) electrons. The average Bonchev–Trinajstić information content (AvgIpc) is 2.49. The van der Waals surface area contributed by atoms with Gasteiger partial charge in [0.2, 0.25) is 0 Å². The van der Waals surface area contributed by atoms with Crippen molar-refractivity contribution >= 4 is 50.2 Å². The van der Waals surface area contributed by atoms with E-state index in [1.165, 1.54) is 0 Å². The molecule has 0 aromatic carbocycles. The second-order valence-electron chi connectivity index (χ2n) is 7.98. The van der Waals surface area contributed by atoms with E-state index in [4.69, 9.17) is 53.7 Å². The van der Waals surface area contributed by atoms with Crippen molar-refractivity contribution in [2.24, 2.45) is 5.50 Å². The van der Waals surface area contributed by atoms with Crippen molar-refractivity contribution in [3.8, 4) is 0 Å². The smallest absolute Gasteiger partial charge is 0.363 e. The van der Waals surface area contributed by atoms with Gasteiger partial charge in [0.25, 0.3) is 0 Å². The molecule has 0 fully saturated rings. The summed E-state index contributed by atoms with van der Waals surface area (Å²) in [4.78, 5) is 26.8. The molecule has 0 aliphatic carbocycles. The molecule has 0 rings (SSSR count). The summed E-state index contributed by atoms with van der Waals surface area (Å²) in [5.74, 6) is 0. The molecule has 0 spiro atoms. The van der Waals surface area contributed by atoms with E-state index in [0.29, 0.717) is 49.2 Å². The van der Waals surface area contributed by atoms with E-state index < -0.39 is 26.8 Å². The summed E-state index contributed by atoms with van der Waals surface area (Å²) in [5, 5.41) is 12.9. The fourth-order valence-corrected chi connectivity index (χ4v) is 4.28. The normalized spacial score (nSPS) is 14.5. The number of phosphoric acid groups is 1. The van der Waals surface area contributed by atoms with Gasteiger partial charge in [-0.1, -0.05) is 0 Å². The van der Waals surface area contributed by atoms with Crippen LogP contribution in [-0.2, 0) is 18.2 Å². The minimum Gasteiger partial charge on any atom is -0.363 e. The van der Waals surface area contributed by atoms with Crippen LogP contribution in [-0.4, -0.2) is 62.3 Å². The largest absolute Gasteiger partial charge is 0.470 e. The van der Waals surface area contributed by atoms with E-state index >= 15 is 0 Å². The maximum Gasteiger partial charge on any atom is 0.470 e. The van der Waals surface area contributed by atoms with Gasteiger partial charge in [0.05, 0.1) is 11.2 Å². The predicted molar refractivity (Wildman–Crippen MR) is 127 cm³/mol. The second-order valence-corrected chi connectivity index (χ2v) is 11.3. The van der Waals surface area contributed by atoms with Crippen LogP contribution in [0.25, 0.3) is 0 Å². The Morgan fingerprint density at radius 1 is 0.806 bits per heavy atom. The molecule has 184 valence electrons. The molecule has 0 aromatic rings. The fraction of sp³-hybridized carbons (Fsp3) is 0.867. The quantitative estimate of drug-likeness (QED) is 0.0908. The lowest BCUT2D eigenvalue weighted by molar-refractivity contribution is 0.0591. The Morgan fingerprint density at radius 3 is 1.52 bits per heavy atom. The zero-order chi connectivity index (χ0) is 24.3. The minimum absolute atomic E-state index is 0.352. The first-order valence-corrected chi connectivity index (χ1v) is 13.5. The van der Waals surface area contributed by atoms with Crippen molar-refractivity contribution in [2.75, 3.05) is 26.2 Å². The molecule has 0 aliphatic heterocycles. The van der Waals surface area contributed by atoms with Gasteiger partial charge in [-0.3, -0.25) is 9.05 Å². The van der Waals surface area contributed by atoms with Crippen molar-refractivity contribution in [1.82, 2.24) is 21.3 Å². The van der Waals surface area contributed by atoms with Gasteiger partial charge in [0, 0.05) is 26.2 Å². The highest BCUT2D eigenvalue weighted by Crippen LogP contribution is 2.42. The van der Waals surface area contributed by atoms with Gasteiger partial charge in [-0.15, -0.1) is 0 Å². The molecule has 0 aliphatic rings. The van der Waals surface area contributed by atoms with E-state index in [2.05, 4.69) is 21.3 Å². The Balaban J connectivity index is 3.85. The van der Waals surface area contributed by atoms with Gasteiger partial charge < -0.3 is 35.9 Å². The Kier molecular flexibility index (Phi) is 13.2. The van der Waals surface area contributed by atoms with Gasteiger partial charge >= 0.3 is 15.6 Å². The molecule has 12 nitrogen and oxygen atoms in total. The van der Waals surface area contributed by atoms with Crippen molar-refractivity contribution in [3.05, 3.63) is 0 Å². The maximum atomic E-state index is 11.1. The third-order valence-electron chi connectivity index (χ3n) is 3.69. The van der Waals surface area contributed by atoms with Gasteiger partial charge in [-0.25, -0.2) is 14.6 Å². The number of nitrogens with one attached hydrogen (secondary N) is 4. The molecule has 0 saturated heterocycles. The van der Waals surface area contributed by atoms with E-state index in [9.17, 15) is 9.13 Å². The highest BCUT2D eigenvalue weighted by molar-refractivity contribution is 7.80. The van der Waals surface area contributed by atoms with Crippen LogP contribution in [0.2, 0.25) is 0 Å². The van der Waals surface area contributed by atoms with E-state index in [1.54, 1.807) is 27.7 Å². The zero-order valence-electron chi connectivity index (χ0n) is 18.2. The summed E-state index contributed by atoms with van der Waals surface area (Å²) in [6.45, 7) is 8.51.